The zero-order chi connectivity index (χ0) is 51.3. The number of aliphatic hydroxyl groups is 1. The molecular weight excluding hydrogens is 958 g/mol. The predicted molar refractivity (Wildman–Crippen MR) is 265 cm³/mol. The van der Waals surface area contributed by atoms with Crippen molar-refractivity contribution in [1.29, 1.82) is 0 Å². The average Bonchev–Trinajstić information content (AvgIpc) is 3.86. The number of carboxylic acid groups (broad SMARTS) is 1. The van der Waals surface area contributed by atoms with Crippen LogP contribution in [0, 0.1) is 0 Å². The van der Waals surface area contributed by atoms with Gasteiger partial charge in [0.25, 0.3) is 5.91 Å². The molecule has 1 fully saturated rings. The van der Waals surface area contributed by atoms with Crippen molar-refractivity contribution in [2.75, 3.05) is 19.6 Å². The van der Waals surface area contributed by atoms with Gasteiger partial charge in [-0.15, -0.1) is 0 Å². The monoisotopic (exact) mass is 1020 g/mol. The lowest BCUT2D eigenvalue weighted by Gasteiger charge is -2.27. The van der Waals surface area contributed by atoms with Gasteiger partial charge in [-0.2, -0.15) is 0 Å². The molecule has 6 amide bonds. The minimum absolute atomic E-state index is 0.00606. The number of rotatable bonds is 25. The van der Waals surface area contributed by atoms with Gasteiger partial charge in [-0.25, -0.2) is 9.59 Å². The molecule has 4 aromatic carbocycles. The maximum absolute atomic E-state index is 14.3. The zero-order valence-corrected chi connectivity index (χ0v) is 40.6. The Morgan fingerprint density at radius 1 is 0.775 bits per heavy atom. The molecule has 20 heteroatoms. The van der Waals surface area contributed by atoms with Crippen LogP contribution in [0.2, 0.25) is 10.0 Å². The average molecular weight is 1020 g/mol. The number of amides is 6. The number of likely N-dealkylation sites (tertiary alicyclic amines) is 1. The maximum atomic E-state index is 14.3. The number of aliphatic carboxylic acids is 1. The topological polar surface area (TPSA) is 268 Å². The number of carbonyl (C=O) groups is 7. The summed E-state index contributed by atoms with van der Waals surface area (Å²) in [5.41, 5.74) is 9.03. The Bertz CT molecular complexity index is 2450. The fourth-order valence-corrected chi connectivity index (χ4v) is 8.13. The van der Waals surface area contributed by atoms with Crippen LogP contribution in [0.3, 0.4) is 0 Å². The molecule has 5 rings (SSSR count). The summed E-state index contributed by atoms with van der Waals surface area (Å²) in [5, 5.41) is 34.8. The molecule has 1 aliphatic heterocycles. The Labute approximate surface area is 421 Å². The van der Waals surface area contributed by atoms with E-state index < -0.39 is 77.9 Å². The molecule has 378 valence electrons. The predicted octanol–water partition coefficient (Wildman–Crippen LogP) is 3.97. The maximum Gasteiger partial charge on any atom is 0.407 e. The fraction of sp³-hybridized carbons (Fsp3) is 0.353. The van der Waals surface area contributed by atoms with Gasteiger partial charge in [-0.1, -0.05) is 108 Å². The highest BCUT2D eigenvalue weighted by atomic mass is 35.5. The van der Waals surface area contributed by atoms with Gasteiger partial charge >= 0.3 is 12.1 Å². The molecule has 9 N–H and O–H groups in total. The summed E-state index contributed by atoms with van der Waals surface area (Å²) in [4.78, 5) is 91.8. The smallest absolute Gasteiger partial charge is 0.407 e. The third-order valence-electron chi connectivity index (χ3n) is 11.4. The normalized spacial score (nSPS) is 15.3. The van der Waals surface area contributed by atoms with E-state index in [9.17, 15) is 43.8 Å². The van der Waals surface area contributed by atoms with Crippen molar-refractivity contribution in [2.45, 2.75) is 95.0 Å². The standard InChI is InChI=1S/C51H59Cl2N7O11/c1-32(61)57-43(49(66)60-26-10-18-44(60)50(67)68)29-56-45(62)24-21-36(27-34-19-22-37(23-20-34)70-31-38-39(52)15-8-16-40(38)53)58-47(64)42(28-33-11-4-2-5-12-33)59-48(65)46(63)41(54)17-9-25-55-51(69)71-30-35-13-6-3-7-14-35/h2-8,11-16,19-24,36,41-44,46,63H,9-10,17-18,25-31,54H2,1H3,(H,55,69)(H,56,62)(H,57,61)(H,58,64)(H,59,65)(H,67,68)/b24-21+/t36-,41+,42-,43+,44+,46-/m1/s1. The molecule has 0 aliphatic carbocycles. The van der Waals surface area contributed by atoms with Crippen LogP contribution >= 0.6 is 23.2 Å². The number of nitrogens with one attached hydrogen (secondary N) is 5. The largest absolute Gasteiger partial charge is 0.489 e. The second-order valence-electron chi connectivity index (χ2n) is 16.8. The molecule has 0 radical (unpaired) electrons. The molecule has 0 bridgehead atoms. The van der Waals surface area contributed by atoms with Crippen LogP contribution in [0.4, 0.5) is 4.79 Å². The van der Waals surface area contributed by atoms with Gasteiger partial charge in [0.05, 0.1) is 6.04 Å². The molecular formula is C51H59Cl2N7O11. The van der Waals surface area contributed by atoms with Crippen molar-refractivity contribution in [2.24, 2.45) is 5.73 Å². The van der Waals surface area contributed by atoms with Crippen molar-refractivity contribution < 1.29 is 53.2 Å². The molecule has 1 saturated heterocycles. The molecule has 0 spiro atoms. The second kappa shape index (κ2) is 28.0. The highest BCUT2D eigenvalue weighted by Crippen LogP contribution is 2.26. The third kappa shape index (κ3) is 18.0. The van der Waals surface area contributed by atoms with Gasteiger partial charge < -0.3 is 56.9 Å². The highest BCUT2D eigenvalue weighted by Gasteiger charge is 2.37. The van der Waals surface area contributed by atoms with Gasteiger partial charge in [-0.05, 0) is 73.1 Å². The lowest BCUT2D eigenvalue weighted by atomic mass is 10.0. The van der Waals surface area contributed by atoms with Crippen LogP contribution in [0.15, 0.2) is 115 Å². The van der Waals surface area contributed by atoms with E-state index in [1.54, 1.807) is 72.8 Å². The number of nitrogens with zero attached hydrogens (tertiary/aromatic N) is 1. The van der Waals surface area contributed by atoms with Crippen LogP contribution < -0.4 is 37.1 Å². The van der Waals surface area contributed by atoms with E-state index in [-0.39, 0.29) is 58.5 Å². The lowest BCUT2D eigenvalue weighted by molar-refractivity contribution is -0.149. The molecule has 6 atom stereocenters. The molecule has 71 heavy (non-hydrogen) atoms. The van der Waals surface area contributed by atoms with Gasteiger partial charge in [0.2, 0.25) is 23.6 Å². The van der Waals surface area contributed by atoms with Crippen LogP contribution in [0.5, 0.6) is 5.75 Å². The molecule has 1 aliphatic rings. The Balaban J connectivity index is 1.27. The molecule has 0 saturated carbocycles. The number of ether oxygens (including phenoxy) is 2. The number of nitrogens with two attached hydrogens (primary N) is 1. The Hall–Kier alpha value is -6.99. The fourth-order valence-electron chi connectivity index (χ4n) is 7.62. The first-order valence-corrected chi connectivity index (χ1v) is 23.8. The van der Waals surface area contributed by atoms with E-state index in [1.165, 1.54) is 17.9 Å². The summed E-state index contributed by atoms with van der Waals surface area (Å²) in [7, 11) is 0. The lowest BCUT2D eigenvalue weighted by Crippen LogP contribution is -2.55. The van der Waals surface area contributed by atoms with Gasteiger partial charge in [-0.3, -0.25) is 24.0 Å². The molecule has 0 unspecified atom stereocenters. The quantitative estimate of drug-likeness (QED) is 0.0346. The van der Waals surface area contributed by atoms with Crippen molar-refractivity contribution in [1.82, 2.24) is 31.5 Å². The Kier molecular flexibility index (Phi) is 21.7. The SMILES string of the molecule is CC(=O)N[C@@H](CNC(=O)/C=C/[C@H](Cc1ccc(OCc2c(Cl)cccc2Cl)cc1)NC(=O)[C@@H](Cc1ccccc1)NC(=O)[C@H](O)[C@@H](N)CCCNC(=O)OCc1ccccc1)C(=O)N1CCC[C@H]1C(=O)O. The minimum atomic E-state index is -1.73. The van der Waals surface area contributed by atoms with E-state index in [1.807, 2.05) is 30.3 Å². The number of alkyl carbamates (subject to hydrolysis) is 1. The number of aliphatic hydroxyl groups excluding tert-OH is 1. The summed E-state index contributed by atoms with van der Waals surface area (Å²) >= 11 is 12.6. The minimum Gasteiger partial charge on any atom is -0.489 e. The molecule has 4 aromatic rings. The van der Waals surface area contributed by atoms with Gasteiger partial charge in [0.1, 0.15) is 43.2 Å². The summed E-state index contributed by atoms with van der Waals surface area (Å²) in [5.74, 6) is -4.17. The summed E-state index contributed by atoms with van der Waals surface area (Å²) in [6.07, 6.45) is 1.49. The van der Waals surface area contributed by atoms with E-state index in [0.717, 1.165) is 11.6 Å². The van der Waals surface area contributed by atoms with Crippen molar-refractivity contribution in [3.05, 3.63) is 148 Å². The van der Waals surface area contributed by atoms with Crippen LogP contribution in [0.25, 0.3) is 0 Å². The van der Waals surface area contributed by atoms with Crippen molar-refractivity contribution >= 4 is 64.8 Å². The van der Waals surface area contributed by atoms with Gasteiger partial charge in [0.15, 0.2) is 0 Å². The number of carboxylic acids is 1. The third-order valence-corrected chi connectivity index (χ3v) is 12.1. The van der Waals surface area contributed by atoms with Crippen LogP contribution in [-0.2, 0) is 59.6 Å². The van der Waals surface area contributed by atoms with E-state index in [0.29, 0.717) is 45.3 Å². The summed E-state index contributed by atoms with van der Waals surface area (Å²) < 4.78 is 11.1. The first kappa shape index (κ1) is 54.9. The van der Waals surface area contributed by atoms with Crippen molar-refractivity contribution in [3.63, 3.8) is 0 Å². The molecule has 18 nitrogen and oxygen atoms in total. The van der Waals surface area contributed by atoms with Crippen LogP contribution in [0.1, 0.15) is 54.9 Å². The molecule has 1 heterocycles. The van der Waals surface area contributed by atoms with E-state index in [4.69, 9.17) is 38.4 Å². The van der Waals surface area contributed by atoms with Crippen LogP contribution in [-0.4, -0.2) is 113 Å². The number of hydrogen-bond donors (Lipinski definition) is 8. The number of carbonyl (C=O) groups excluding carboxylic acids is 6. The van der Waals surface area contributed by atoms with Crippen molar-refractivity contribution in [3.8, 4) is 5.75 Å². The Morgan fingerprint density at radius 2 is 1.42 bits per heavy atom. The first-order chi connectivity index (χ1) is 34.1. The summed E-state index contributed by atoms with van der Waals surface area (Å²) in [6.45, 7) is 1.35. The number of halogens is 2. The first-order valence-electron chi connectivity index (χ1n) is 23.0. The van der Waals surface area contributed by atoms with E-state index in [2.05, 4.69) is 26.6 Å². The summed E-state index contributed by atoms with van der Waals surface area (Å²) in [6, 6.07) is 24.5. The second-order valence-corrected chi connectivity index (χ2v) is 17.6. The van der Waals surface area contributed by atoms with Gasteiger partial charge in [0, 0.05) is 60.7 Å². The Morgan fingerprint density at radius 3 is 2.07 bits per heavy atom. The number of hydrogen-bond acceptors (Lipinski definition) is 11. The zero-order valence-electron chi connectivity index (χ0n) is 39.1. The number of benzene rings is 4. The molecule has 0 aromatic heterocycles. The van der Waals surface area contributed by atoms with E-state index >= 15 is 0 Å². The highest BCUT2D eigenvalue weighted by molar-refractivity contribution is 6.36.